The van der Waals surface area contributed by atoms with Crippen LogP contribution >= 0.6 is 11.8 Å². The Kier molecular flexibility index (Phi) is 4.12. The summed E-state index contributed by atoms with van der Waals surface area (Å²) in [6.07, 6.45) is 0. The van der Waals surface area contributed by atoms with Crippen LogP contribution in [0.15, 0.2) is 42.5 Å². The summed E-state index contributed by atoms with van der Waals surface area (Å²) < 4.78 is 4.76. The summed E-state index contributed by atoms with van der Waals surface area (Å²) in [4.78, 5) is 37.9. The average Bonchev–Trinajstić information content (AvgIpc) is 2.59. The number of β-lactam (4-membered cyclic amide) rings is 1. The van der Waals surface area contributed by atoms with Gasteiger partial charge in [0.2, 0.25) is 5.91 Å². The number of thioether (sulfide) groups is 1. The highest BCUT2D eigenvalue weighted by molar-refractivity contribution is 8.00. The fourth-order valence-corrected chi connectivity index (χ4v) is 4.05. The Hall–Kier alpha value is -2.28. The highest BCUT2D eigenvalue weighted by Crippen LogP contribution is 2.40. The molecule has 2 aliphatic heterocycles. The number of methoxy groups -OCH3 is 1. The predicted octanol–water partition coefficient (Wildman–Crippen LogP) is 0.798. The standard InChI is InChI=1S/C16H16N2O4S/c1-9-8-23-15-11(14(20)18(15)12(9)16(21)22-2)17-13(19)10-6-4-3-5-7-10/h3-7,11-12,15H,1,8H2,2H3,(H,17,19)/t11?,12?,15-/m0/s1. The molecule has 7 heteroatoms. The second-order valence-electron chi connectivity index (χ2n) is 5.35. The molecule has 1 aromatic carbocycles. The first-order valence-corrected chi connectivity index (χ1v) is 8.14. The second-order valence-corrected chi connectivity index (χ2v) is 6.45. The van der Waals surface area contributed by atoms with Crippen LogP contribution in [0.25, 0.3) is 0 Å². The van der Waals surface area contributed by atoms with Crippen molar-refractivity contribution in [1.29, 1.82) is 0 Å². The number of carbonyl (C=O) groups excluding carboxylic acids is 3. The van der Waals surface area contributed by atoms with Gasteiger partial charge >= 0.3 is 5.97 Å². The third-order valence-corrected chi connectivity index (χ3v) is 5.31. The number of hydrogen-bond acceptors (Lipinski definition) is 5. The van der Waals surface area contributed by atoms with Gasteiger partial charge in [-0.2, -0.15) is 0 Å². The van der Waals surface area contributed by atoms with Crippen LogP contribution < -0.4 is 5.32 Å². The van der Waals surface area contributed by atoms with E-state index in [4.69, 9.17) is 4.74 Å². The molecule has 2 amide bonds. The van der Waals surface area contributed by atoms with E-state index in [1.165, 1.54) is 23.8 Å². The molecule has 2 heterocycles. The largest absolute Gasteiger partial charge is 0.467 e. The lowest BCUT2D eigenvalue weighted by atomic mass is 9.98. The van der Waals surface area contributed by atoms with Gasteiger partial charge in [0.1, 0.15) is 11.4 Å². The molecule has 2 unspecified atom stereocenters. The molecule has 0 radical (unpaired) electrons. The molecule has 0 aromatic heterocycles. The number of esters is 1. The molecule has 0 spiro atoms. The Morgan fingerprint density at radius 3 is 2.70 bits per heavy atom. The summed E-state index contributed by atoms with van der Waals surface area (Å²) in [6.45, 7) is 3.85. The lowest BCUT2D eigenvalue weighted by molar-refractivity contribution is -0.160. The molecule has 120 valence electrons. The lowest BCUT2D eigenvalue weighted by Crippen LogP contribution is -2.74. The van der Waals surface area contributed by atoms with E-state index >= 15 is 0 Å². The second kappa shape index (κ2) is 6.08. The van der Waals surface area contributed by atoms with E-state index in [1.54, 1.807) is 24.3 Å². The topological polar surface area (TPSA) is 75.7 Å². The zero-order chi connectivity index (χ0) is 16.6. The molecule has 2 saturated heterocycles. The summed E-state index contributed by atoms with van der Waals surface area (Å²) in [6, 6.07) is 7.31. The van der Waals surface area contributed by atoms with Gasteiger partial charge in [0.05, 0.1) is 7.11 Å². The summed E-state index contributed by atoms with van der Waals surface area (Å²) >= 11 is 1.48. The first kappa shape index (κ1) is 15.6. The number of rotatable bonds is 3. The van der Waals surface area contributed by atoms with Crippen molar-refractivity contribution in [3.8, 4) is 0 Å². The van der Waals surface area contributed by atoms with Gasteiger partial charge in [-0.25, -0.2) is 4.79 Å². The Labute approximate surface area is 137 Å². The van der Waals surface area contributed by atoms with Crippen LogP contribution in [-0.2, 0) is 14.3 Å². The number of carbonyl (C=O) groups is 3. The predicted molar refractivity (Wildman–Crippen MR) is 85.7 cm³/mol. The van der Waals surface area contributed by atoms with Crippen LogP contribution in [0.2, 0.25) is 0 Å². The van der Waals surface area contributed by atoms with Crippen LogP contribution in [0.1, 0.15) is 10.4 Å². The van der Waals surface area contributed by atoms with Gasteiger partial charge in [0.25, 0.3) is 5.91 Å². The van der Waals surface area contributed by atoms with Gasteiger partial charge in [-0.3, -0.25) is 9.59 Å². The van der Waals surface area contributed by atoms with Gasteiger partial charge in [0.15, 0.2) is 6.04 Å². The van der Waals surface area contributed by atoms with Crippen molar-refractivity contribution in [3.63, 3.8) is 0 Å². The van der Waals surface area contributed by atoms with E-state index in [0.717, 1.165) is 0 Å². The van der Waals surface area contributed by atoms with E-state index in [-0.39, 0.29) is 17.2 Å². The first-order chi connectivity index (χ1) is 11.0. The maximum Gasteiger partial charge on any atom is 0.332 e. The van der Waals surface area contributed by atoms with Gasteiger partial charge in [-0.05, 0) is 17.7 Å². The van der Waals surface area contributed by atoms with Crippen molar-refractivity contribution in [2.75, 3.05) is 12.9 Å². The number of benzene rings is 1. The molecule has 2 fully saturated rings. The van der Waals surface area contributed by atoms with E-state index in [2.05, 4.69) is 11.9 Å². The summed E-state index contributed by atoms with van der Waals surface area (Å²) in [7, 11) is 1.28. The number of fused-ring (bicyclic) bond motifs is 1. The van der Waals surface area contributed by atoms with Gasteiger partial charge in [-0.1, -0.05) is 24.8 Å². The zero-order valence-electron chi connectivity index (χ0n) is 12.5. The Morgan fingerprint density at radius 1 is 1.35 bits per heavy atom. The number of nitrogens with one attached hydrogen (secondary N) is 1. The average molecular weight is 332 g/mol. The minimum Gasteiger partial charge on any atom is -0.467 e. The van der Waals surface area contributed by atoms with Gasteiger partial charge in [-0.15, -0.1) is 11.8 Å². The highest BCUT2D eigenvalue weighted by atomic mass is 32.2. The van der Waals surface area contributed by atoms with Crippen molar-refractivity contribution >= 4 is 29.5 Å². The van der Waals surface area contributed by atoms with E-state index < -0.39 is 18.1 Å². The Bertz CT molecular complexity index is 668. The molecule has 1 N–H and O–H groups in total. The molecule has 1 aromatic rings. The fraction of sp³-hybridized carbons (Fsp3) is 0.312. The van der Waals surface area contributed by atoms with Gasteiger partial charge in [0, 0.05) is 11.3 Å². The van der Waals surface area contributed by atoms with Crippen molar-refractivity contribution in [3.05, 3.63) is 48.0 Å². The Balaban J connectivity index is 1.73. The smallest absolute Gasteiger partial charge is 0.332 e. The maximum absolute atomic E-state index is 12.4. The third-order valence-electron chi connectivity index (χ3n) is 3.93. The summed E-state index contributed by atoms with van der Waals surface area (Å²) in [5, 5.41) is 2.47. The van der Waals surface area contributed by atoms with E-state index in [9.17, 15) is 14.4 Å². The maximum atomic E-state index is 12.4. The molecular weight excluding hydrogens is 316 g/mol. The van der Waals surface area contributed by atoms with Crippen LogP contribution in [0, 0.1) is 0 Å². The minimum atomic E-state index is -0.761. The lowest BCUT2D eigenvalue weighted by Gasteiger charge is -2.52. The van der Waals surface area contributed by atoms with E-state index in [0.29, 0.717) is 16.9 Å². The molecule has 0 aliphatic carbocycles. The zero-order valence-corrected chi connectivity index (χ0v) is 13.3. The molecule has 0 bridgehead atoms. The normalized spacial score (nSPS) is 26.1. The molecule has 3 atom stereocenters. The summed E-state index contributed by atoms with van der Waals surface area (Å²) in [5.41, 5.74) is 1.13. The first-order valence-electron chi connectivity index (χ1n) is 7.09. The van der Waals surface area contributed by atoms with Crippen LogP contribution in [0.4, 0.5) is 0 Å². The SMILES string of the molecule is C=C1CS[C@H]2C(NC(=O)c3ccccc3)C(=O)N2C1C(=O)OC. The fourth-order valence-electron chi connectivity index (χ4n) is 2.74. The molecule has 2 aliphatic rings. The molecular formula is C16H16N2O4S. The highest BCUT2D eigenvalue weighted by Gasteiger charge is 2.56. The minimum absolute atomic E-state index is 0.273. The summed E-state index contributed by atoms with van der Waals surface area (Å²) in [5.74, 6) is -0.543. The molecule has 6 nitrogen and oxygen atoms in total. The van der Waals surface area contributed by atoms with Crippen molar-refractivity contribution in [2.24, 2.45) is 0 Å². The van der Waals surface area contributed by atoms with Crippen LogP contribution in [0.5, 0.6) is 0 Å². The monoisotopic (exact) mass is 332 g/mol. The number of nitrogens with zero attached hydrogens (tertiary/aromatic N) is 1. The quantitative estimate of drug-likeness (QED) is 0.503. The van der Waals surface area contributed by atoms with E-state index in [1.807, 2.05) is 6.07 Å². The molecule has 23 heavy (non-hydrogen) atoms. The van der Waals surface area contributed by atoms with Crippen molar-refractivity contribution in [1.82, 2.24) is 10.2 Å². The van der Waals surface area contributed by atoms with Gasteiger partial charge < -0.3 is 15.0 Å². The number of amides is 2. The Morgan fingerprint density at radius 2 is 2.04 bits per heavy atom. The third kappa shape index (κ3) is 2.61. The number of ether oxygens (including phenoxy) is 1. The van der Waals surface area contributed by atoms with Crippen molar-refractivity contribution in [2.45, 2.75) is 17.5 Å². The number of hydrogen-bond donors (Lipinski definition) is 1. The van der Waals surface area contributed by atoms with Crippen molar-refractivity contribution < 1.29 is 19.1 Å². The molecule has 0 saturated carbocycles. The van der Waals surface area contributed by atoms with Crippen LogP contribution in [0.3, 0.4) is 0 Å². The molecule has 3 rings (SSSR count). The van der Waals surface area contributed by atoms with Crippen LogP contribution in [-0.4, -0.2) is 53.0 Å².